The molecule has 0 bridgehead atoms. The van der Waals surface area contributed by atoms with Crippen molar-refractivity contribution in [2.45, 2.75) is 19.6 Å². The number of nitrogens with two attached hydrogens (primary N) is 1. The lowest BCUT2D eigenvalue weighted by Crippen LogP contribution is -2.12. The lowest BCUT2D eigenvalue weighted by molar-refractivity contribution is 0.0659. The third-order valence-electron chi connectivity index (χ3n) is 2.21. The van der Waals surface area contributed by atoms with Crippen LogP contribution in [0.3, 0.4) is 0 Å². The molecular formula is C11H17NO3S. The summed E-state index contributed by atoms with van der Waals surface area (Å²) in [7, 11) is 0. The van der Waals surface area contributed by atoms with Crippen molar-refractivity contribution < 1.29 is 14.3 Å². The molecule has 1 rings (SSSR count). The fourth-order valence-corrected chi connectivity index (χ4v) is 2.26. The summed E-state index contributed by atoms with van der Waals surface area (Å²) >= 11 is 1.71. The van der Waals surface area contributed by atoms with E-state index in [-0.39, 0.29) is 5.76 Å². The van der Waals surface area contributed by atoms with E-state index in [0.29, 0.717) is 29.5 Å². The van der Waals surface area contributed by atoms with Crippen LogP contribution in [0.1, 0.15) is 28.8 Å². The number of thioether (sulfide) groups is 1. The van der Waals surface area contributed by atoms with Crippen molar-refractivity contribution in [2.75, 3.05) is 12.3 Å². The maximum Gasteiger partial charge on any atom is 0.372 e. The van der Waals surface area contributed by atoms with E-state index in [0.717, 1.165) is 5.75 Å². The van der Waals surface area contributed by atoms with Gasteiger partial charge in [-0.05, 0) is 31.2 Å². The second-order valence-corrected chi connectivity index (χ2v) is 4.92. The Morgan fingerprint density at radius 1 is 1.69 bits per heavy atom. The average Bonchev–Trinajstić information content (AvgIpc) is 2.59. The minimum atomic E-state index is -1.01. The molecule has 0 saturated heterocycles. The van der Waals surface area contributed by atoms with E-state index in [4.69, 9.17) is 15.3 Å². The van der Waals surface area contributed by atoms with E-state index in [1.807, 2.05) is 0 Å². The van der Waals surface area contributed by atoms with E-state index in [1.165, 1.54) is 0 Å². The molecule has 16 heavy (non-hydrogen) atoms. The number of hydrogen-bond acceptors (Lipinski definition) is 4. The summed E-state index contributed by atoms with van der Waals surface area (Å²) in [5.41, 5.74) is 6.18. The SMILES string of the molecule is Cc1cc(CSCC(C)CN)oc1C(=O)O. The molecule has 1 aromatic rings. The molecule has 0 radical (unpaired) electrons. The third kappa shape index (κ3) is 3.57. The Hall–Kier alpha value is -0.940. The molecule has 0 spiro atoms. The van der Waals surface area contributed by atoms with Crippen LogP contribution in [0.25, 0.3) is 0 Å². The van der Waals surface area contributed by atoms with Crippen molar-refractivity contribution in [1.82, 2.24) is 0 Å². The summed E-state index contributed by atoms with van der Waals surface area (Å²) in [6.07, 6.45) is 0. The first kappa shape index (κ1) is 13.1. The van der Waals surface area contributed by atoms with Gasteiger partial charge in [-0.3, -0.25) is 0 Å². The predicted molar refractivity (Wildman–Crippen MR) is 64.8 cm³/mol. The normalized spacial score (nSPS) is 12.7. The zero-order chi connectivity index (χ0) is 12.1. The van der Waals surface area contributed by atoms with Crippen LogP contribution in [0.5, 0.6) is 0 Å². The first-order chi connectivity index (χ1) is 7.54. The van der Waals surface area contributed by atoms with Gasteiger partial charge in [0, 0.05) is 5.56 Å². The number of aryl methyl sites for hydroxylation is 1. The van der Waals surface area contributed by atoms with Gasteiger partial charge in [-0.1, -0.05) is 6.92 Å². The average molecular weight is 243 g/mol. The summed E-state index contributed by atoms with van der Waals surface area (Å²) in [6.45, 7) is 4.50. The Bertz CT molecular complexity index is 362. The van der Waals surface area contributed by atoms with Gasteiger partial charge in [0.2, 0.25) is 5.76 Å². The minimum absolute atomic E-state index is 0.0440. The molecule has 1 atom stereocenters. The number of carboxylic acids is 1. The second kappa shape index (κ2) is 5.96. The summed E-state index contributed by atoms with van der Waals surface area (Å²) < 4.78 is 5.24. The van der Waals surface area contributed by atoms with Crippen LogP contribution in [0, 0.1) is 12.8 Å². The van der Waals surface area contributed by atoms with Gasteiger partial charge < -0.3 is 15.3 Å². The Morgan fingerprint density at radius 2 is 2.38 bits per heavy atom. The molecule has 0 fully saturated rings. The molecule has 3 N–H and O–H groups in total. The molecule has 1 heterocycles. The highest BCUT2D eigenvalue weighted by Crippen LogP contribution is 2.20. The number of hydrogen-bond donors (Lipinski definition) is 2. The van der Waals surface area contributed by atoms with Gasteiger partial charge in [-0.15, -0.1) is 0 Å². The van der Waals surface area contributed by atoms with Gasteiger partial charge in [0.1, 0.15) is 5.76 Å². The zero-order valence-corrected chi connectivity index (χ0v) is 10.3. The smallest absolute Gasteiger partial charge is 0.372 e. The molecule has 4 nitrogen and oxygen atoms in total. The van der Waals surface area contributed by atoms with E-state index >= 15 is 0 Å². The summed E-state index contributed by atoms with van der Waals surface area (Å²) in [5, 5.41) is 8.81. The molecule has 5 heteroatoms. The predicted octanol–water partition coefficient (Wildman–Crippen LogP) is 2.11. The number of furan rings is 1. The van der Waals surface area contributed by atoms with Gasteiger partial charge in [0.25, 0.3) is 0 Å². The van der Waals surface area contributed by atoms with Crippen LogP contribution in [0.2, 0.25) is 0 Å². The molecule has 0 amide bonds. The molecule has 0 aliphatic carbocycles. The van der Waals surface area contributed by atoms with Gasteiger partial charge in [-0.2, -0.15) is 11.8 Å². The highest BCUT2D eigenvalue weighted by atomic mass is 32.2. The third-order valence-corrected chi connectivity index (χ3v) is 3.51. The van der Waals surface area contributed by atoms with Crippen molar-refractivity contribution >= 4 is 17.7 Å². The van der Waals surface area contributed by atoms with Crippen molar-refractivity contribution in [3.8, 4) is 0 Å². The van der Waals surface area contributed by atoms with Crippen molar-refractivity contribution in [1.29, 1.82) is 0 Å². The Labute approximate surface area is 99.2 Å². The van der Waals surface area contributed by atoms with E-state index in [2.05, 4.69) is 6.92 Å². The van der Waals surface area contributed by atoms with Crippen LogP contribution in [0.15, 0.2) is 10.5 Å². The van der Waals surface area contributed by atoms with Crippen molar-refractivity contribution in [3.63, 3.8) is 0 Å². The Morgan fingerprint density at radius 3 is 2.88 bits per heavy atom. The molecule has 0 aliphatic rings. The van der Waals surface area contributed by atoms with Crippen LogP contribution in [-0.4, -0.2) is 23.4 Å². The number of carboxylic acid groups (broad SMARTS) is 1. The Kier molecular flexibility index (Phi) is 4.89. The summed E-state index contributed by atoms with van der Waals surface area (Å²) in [6, 6.07) is 1.78. The highest BCUT2D eigenvalue weighted by Gasteiger charge is 2.14. The number of rotatable bonds is 6. The van der Waals surface area contributed by atoms with Gasteiger partial charge >= 0.3 is 5.97 Å². The quantitative estimate of drug-likeness (QED) is 0.800. The van der Waals surface area contributed by atoms with Gasteiger partial charge in [0.15, 0.2) is 0 Å². The molecule has 0 aromatic carbocycles. The molecule has 1 aromatic heterocycles. The summed E-state index contributed by atoms with van der Waals surface area (Å²) in [4.78, 5) is 10.7. The standard InChI is InChI=1S/C11H17NO3S/c1-7(4-12)5-16-6-9-3-8(2)10(15-9)11(13)14/h3,7H,4-6,12H2,1-2H3,(H,13,14). The van der Waals surface area contributed by atoms with Crippen LogP contribution < -0.4 is 5.73 Å². The molecular weight excluding hydrogens is 226 g/mol. The first-order valence-electron chi connectivity index (χ1n) is 5.15. The molecule has 90 valence electrons. The lowest BCUT2D eigenvalue weighted by Gasteiger charge is -2.05. The van der Waals surface area contributed by atoms with Crippen molar-refractivity contribution in [3.05, 3.63) is 23.2 Å². The second-order valence-electron chi connectivity index (χ2n) is 3.89. The van der Waals surface area contributed by atoms with Gasteiger partial charge in [-0.25, -0.2) is 4.79 Å². The fourth-order valence-electron chi connectivity index (χ4n) is 1.26. The maximum atomic E-state index is 10.7. The van der Waals surface area contributed by atoms with Crippen molar-refractivity contribution in [2.24, 2.45) is 11.7 Å². The largest absolute Gasteiger partial charge is 0.475 e. The highest BCUT2D eigenvalue weighted by molar-refractivity contribution is 7.98. The summed E-state index contributed by atoms with van der Waals surface area (Å²) in [5.74, 6) is 1.87. The monoisotopic (exact) mass is 243 g/mol. The lowest BCUT2D eigenvalue weighted by atomic mass is 10.2. The van der Waals surface area contributed by atoms with Crippen LogP contribution in [-0.2, 0) is 5.75 Å². The molecule has 0 saturated carbocycles. The zero-order valence-electron chi connectivity index (χ0n) is 9.53. The fraction of sp³-hybridized carbons (Fsp3) is 0.545. The van der Waals surface area contributed by atoms with E-state index in [1.54, 1.807) is 24.8 Å². The van der Waals surface area contributed by atoms with Gasteiger partial charge in [0.05, 0.1) is 5.75 Å². The van der Waals surface area contributed by atoms with Crippen LogP contribution >= 0.6 is 11.8 Å². The topological polar surface area (TPSA) is 76.5 Å². The van der Waals surface area contributed by atoms with Crippen LogP contribution in [0.4, 0.5) is 0 Å². The minimum Gasteiger partial charge on any atom is -0.475 e. The number of aromatic carboxylic acids is 1. The molecule has 1 unspecified atom stereocenters. The molecule has 0 aliphatic heterocycles. The first-order valence-corrected chi connectivity index (χ1v) is 6.30. The van der Waals surface area contributed by atoms with E-state index < -0.39 is 5.97 Å². The Balaban J connectivity index is 2.49. The number of carbonyl (C=O) groups is 1. The maximum absolute atomic E-state index is 10.7. The van der Waals surface area contributed by atoms with E-state index in [9.17, 15) is 4.79 Å².